The maximum absolute atomic E-state index is 12.3. The fourth-order valence-corrected chi connectivity index (χ4v) is 2.59. The molecule has 0 spiro atoms. The number of carbonyl (C=O) groups is 1. The van der Waals surface area contributed by atoms with E-state index in [2.05, 4.69) is 36.1 Å². The first-order valence-corrected chi connectivity index (χ1v) is 7.84. The molecule has 1 fully saturated rings. The number of anilines is 2. The molecule has 1 aliphatic rings. The van der Waals surface area contributed by atoms with Crippen LogP contribution in [0.25, 0.3) is 0 Å². The van der Waals surface area contributed by atoms with Gasteiger partial charge in [0, 0.05) is 48.7 Å². The molecule has 22 heavy (non-hydrogen) atoms. The average Bonchev–Trinajstić information content (AvgIpc) is 2.58. The molecule has 2 heterocycles. The van der Waals surface area contributed by atoms with E-state index >= 15 is 0 Å². The number of urea groups is 1. The molecule has 1 aromatic heterocycles. The first-order chi connectivity index (χ1) is 10.7. The van der Waals surface area contributed by atoms with E-state index in [1.807, 2.05) is 29.2 Å². The van der Waals surface area contributed by atoms with Gasteiger partial charge in [-0.2, -0.15) is 0 Å². The van der Waals surface area contributed by atoms with Gasteiger partial charge in [-0.1, -0.05) is 15.9 Å². The summed E-state index contributed by atoms with van der Waals surface area (Å²) < 4.78 is 0.989. The molecule has 114 valence electrons. The second-order valence-electron chi connectivity index (χ2n) is 4.97. The zero-order valence-electron chi connectivity index (χ0n) is 11.9. The van der Waals surface area contributed by atoms with Crippen LogP contribution in [0.3, 0.4) is 0 Å². The third-order valence-corrected chi connectivity index (χ3v) is 4.06. The molecule has 1 aliphatic heterocycles. The molecule has 7 heteroatoms. The summed E-state index contributed by atoms with van der Waals surface area (Å²) in [5.41, 5.74) is 0.796. The Labute approximate surface area is 137 Å². The summed E-state index contributed by atoms with van der Waals surface area (Å²) in [5.74, 6) is 0.857. The van der Waals surface area contributed by atoms with Gasteiger partial charge >= 0.3 is 6.03 Å². The Kier molecular flexibility index (Phi) is 4.53. The van der Waals surface area contributed by atoms with Crippen molar-refractivity contribution in [2.45, 2.75) is 0 Å². The zero-order chi connectivity index (χ0) is 15.4. The van der Waals surface area contributed by atoms with E-state index in [9.17, 15) is 4.79 Å². The number of rotatable bonds is 2. The number of halogens is 1. The molecule has 0 aliphatic carbocycles. The second kappa shape index (κ2) is 6.74. The summed E-state index contributed by atoms with van der Waals surface area (Å²) in [4.78, 5) is 24.6. The molecule has 2 aromatic rings. The predicted octanol–water partition coefficient (Wildman–Crippen LogP) is 2.59. The molecule has 0 radical (unpaired) electrons. The van der Waals surface area contributed by atoms with Crippen LogP contribution in [0.4, 0.5) is 16.3 Å². The number of carbonyl (C=O) groups excluding carboxylic acids is 1. The fraction of sp³-hybridized carbons (Fsp3) is 0.267. The summed E-state index contributed by atoms with van der Waals surface area (Å²) in [7, 11) is 0. The van der Waals surface area contributed by atoms with E-state index in [0.29, 0.717) is 13.1 Å². The lowest BCUT2D eigenvalue weighted by Crippen LogP contribution is -2.50. The van der Waals surface area contributed by atoms with Gasteiger partial charge in [0.25, 0.3) is 0 Å². The van der Waals surface area contributed by atoms with E-state index < -0.39 is 0 Å². The van der Waals surface area contributed by atoms with Crippen molar-refractivity contribution in [3.63, 3.8) is 0 Å². The van der Waals surface area contributed by atoms with Crippen molar-refractivity contribution in [1.82, 2.24) is 14.9 Å². The SMILES string of the molecule is O=C(Nc1ccc(Br)cc1)N1CCN(c2cnccn2)CC1. The number of aromatic nitrogens is 2. The van der Waals surface area contributed by atoms with Crippen LogP contribution in [0.1, 0.15) is 0 Å². The fourth-order valence-electron chi connectivity index (χ4n) is 2.33. The molecule has 0 saturated carbocycles. The van der Waals surface area contributed by atoms with Crippen LogP contribution in [0, 0.1) is 0 Å². The smallest absolute Gasteiger partial charge is 0.321 e. The zero-order valence-corrected chi connectivity index (χ0v) is 13.5. The largest absolute Gasteiger partial charge is 0.352 e. The quantitative estimate of drug-likeness (QED) is 0.892. The minimum atomic E-state index is -0.0684. The van der Waals surface area contributed by atoms with Crippen molar-refractivity contribution in [3.05, 3.63) is 47.3 Å². The highest BCUT2D eigenvalue weighted by Crippen LogP contribution is 2.16. The number of nitrogens with one attached hydrogen (secondary N) is 1. The van der Waals surface area contributed by atoms with Crippen molar-refractivity contribution < 1.29 is 4.79 Å². The van der Waals surface area contributed by atoms with Crippen molar-refractivity contribution in [3.8, 4) is 0 Å². The Balaban J connectivity index is 1.54. The topological polar surface area (TPSA) is 61.4 Å². The molecular weight excluding hydrogens is 346 g/mol. The van der Waals surface area contributed by atoms with Crippen LogP contribution in [0.15, 0.2) is 47.3 Å². The van der Waals surface area contributed by atoms with Gasteiger partial charge in [0.15, 0.2) is 0 Å². The lowest BCUT2D eigenvalue weighted by atomic mass is 10.3. The summed E-state index contributed by atoms with van der Waals surface area (Å²) >= 11 is 3.38. The van der Waals surface area contributed by atoms with Gasteiger partial charge in [-0.25, -0.2) is 9.78 Å². The van der Waals surface area contributed by atoms with Gasteiger partial charge in [-0.05, 0) is 24.3 Å². The Morgan fingerprint density at radius 3 is 2.45 bits per heavy atom. The Bertz CT molecular complexity index is 626. The van der Waals surface area contributed by atoms with E-state index in [0.717, 1.165) is 29.1 Å². The predicted molar refractivity (Wildman–Crippen MR) is 89.0 cm³/mol. The summed E-state index contributed by atoms with van der Waals surface area (Å²) in [5, 5.41) is 2.91. The molecule has 1 aromatic carbocycles. The molecule has 6 nitrogen and oxygen atoms in total. The van der Waals surface area contributed by atoms with Crippen molar-refractivity contribution in [2.24, 2.45) is 0 Å². The first kappa shape index (κ1) is 14.8. The van der Waals surface area contributed by atoms with Crippen molar-refractivity contribution in [2.75, 3.05) is 36.4 Å². The standard InChI is InChI=1S/C15H16BrN5O/c16-12-1-3-13(4-2-12)19-15(22)21-9-7-20(8-10-21)14-11-17-5-6-18-14/h1-6,11H,7-10H2,(H,19,22). The molecule has 0 bridgehead atoms. The van der Waals surface area contributed by atoms with Crippen LogP contribution in [0.2, 0.25) is 0 Å². The lowest BCUT2D eigenvalue weighted by Gasteiger charge is -2.35. The minimum absolute atomic E-state index is 0.0684. The van der Waals surface area contributed by atoms with Crippen LogP contribution in [-0.4, -0.2) is 47.1 Å². The van der Waals surface area contributed by atoms with Gasteiger partial charge < -0.3 is 15.1 Å². The van der Waals surface area contributed by atoms with Gasteiger partial charge in [-0.15, -0.1) is 0 Å². The summed E-state index contributed by atoms with van der Waals surface area (Å²) in [6.07, 6.45) is 5.09. The third-order valence-electron chi connectivity index (χ3n) is 3.54. The molecule has 0 unspecified atom stereocenters. The molecule has 0 atom stereocenters. The van der Waals surface area contributed by atoms with Gasteiger partial charge in [0.2, 0.25) is 0 Å². The van der Waals surface area contributed by atoms with Crippen LogP contribution < -0.4 is 10.2 Å². The molecule has 3 rings (SSSR count). The number of hydrogen-bond acceptors (Lipinski definition) is 4. The number of amides is 2. The van der Waals surface area contributed by atoms with Crippen LogP contribution in [-0.2, 0) is 0 Å². The van der Waals surface area contributed by atoms with Gasteiger partial charge in [-0.3, -0.25) is 4.98 Å². The Hall–Kier alpha value is -2.15. The summed E-state index contributed by atoms with van der Waals surface area (Å²) in [6, 6.07) is 7.49. The molecule has 1 N–H and O–H groups in total. The second-order valence-corrected chi connectivity index (χ2v) is 5.89. The van der Waals surface area contributed by atoms with E-state index in [4.69, 9.17) is 0 Å². The average molecular weight is 362 g/mol. The van der Waals surface area contributed by atoms with Gasteiger partial charge in [0.1, 0.15) is 5.82 Å². The molecule has 2 amide bonds. The number of nitrogens with zero attached hydrogens (tertiary/aromatic N) is 4. The number of hydrogen-bond donors (Lipinski definition) is 1. The van der Waals surface area contributed by atoms with Crippen molar-refractivity contribution in [1.29, 1.82) is 0 Å². The highest BCUT2D eigenvalue weighted by molar-refractivity contribution is 9.10. The maximum atomic E-state index is 12.3. The van der Waals surface area contributed by atoms with Gasteiger partial charge in [0.05, 0.1) is 6.20 Å². The normalized spacial score (nSPS) is 14.8. The van der Waals surface area contributed by atoms with Crippen LogP contribution in [0.5, 0.6) is 0 Å². The van der Waals surface area contributed by atoms with E-state index in [1.54, 1.807) is 18.6 Å². The summed E-state index contributed by atoms with van der Waals surface area (Å²) in [6.45, 7) is 2.84. The monoisotopic (exact) mass is 361 g/mol. The van der Waals surface area contributed by atoms with E-state index in [-0.39, 0.29) is 6.03 Å². The highest BCUT2D eigenvalue weighted by atomic mass is 79.9. The van der Waals surface area contributed by atoms with Crippen LogP contribution >= 0.6 is 15.9 Å². The third kappa shape index (κ3) is 3.54. The lowest BCUT2D eigenvalue weighted by molar-refractivity contribution is 0.208. The van der Waals surface area contributed by atoms with Crippen molar-refractivity contribution >= 4 is 33.5 Å². The number of benzene rings is 1. The Morgan fingerprint density at radius 1 is 1.09 bits per heavy atom. The number of piperazine rings is 1. The minimum Gasteiger partial charge on any atom is -0.352 e. The molecular formula is C15H16BrN5O. The molecule has 1 saturated heterocycles. The highest BCUT2D eigenvalue weighted by Gasteiger charge is 2.21. The Morgan fingerprint density at radius 2 is 1.82 bits per heavy atom. The van der Waals surface area contributed by atoms with E-state index in [1.165, 1.54) is 0 Å². The maximum Gasteiger partial charge on any atom is 0.321 e. The first-order valence-electron chi connectivity index (χ1n) is 7.05.